The molecule has 0 spiro atoms. The molecule has 0 bridgehead atoms. The molecule has 1 fully saturated rings. The Bertz CT molecular complexity index is 207. The Labute approximate surface area is 80.3 Å². The molecule has 1 amide bonds. The highest BCUT2D eigenvalue weighted by Crippen LogP contribution is 2.32. The van der Waals surface area contributed by atoms with Crippen LogP contribution in [0.4, 0.5) is 0 Å². The van der Waals surface area contributed by atoms with Crippen molar-refractivity contribution in [3.63, 3.8) is 0 Å². The van der Waals surface area contributed by atoms with Gasteiger partial charge in [0.1, 0.15) is 0 Å². The van der Waals surface area contributed by atoms with E-state index >= 15 is 0 Å². The highest BCUT2D eigenvalue weighted by molar-refractivity contribution is 5.80. The van der Waals surface area contributed by atoms with Gasteiger partial charge in [-0.1, -0.05) is 20.8 Å². The number of rotatable bonds is 1. The molecule has 0 aromatic carbocycles. The summed E-state index contributed by atoms with van der Waals surface area (Å²) in [6.07, 6.45) is 0.510. The first-order valence-corrected chi connectivity index (χ1v) is 4.93. The molecule has 0 aromatic rings. The van der Waals surface area contributed by atoms with E-state index in [1.54, 1.807) is 0 Å². The zero-order valence-corrected chi connectivity index (χ0v) is 9.00. The van der Waals surface area contributed by atoms with E-state index in [4.69, 9.17) is 5.73 Å². The summed E-state index contributed by atoms with van der Waals surface area (Å²) in [6.45, 7) is 9.19. The summed E-state index contributed by atoms with van der Waals surface area (Å²) in [4.78, 5) is 13.4. The lowest BCUT2D eigenvalue weighted by Gasteiger charge is -2.36. The van der Waals surface area contributed by atoms with E-state index in [0.717, 1.165) is 6.54 Å². The van der Waals surface area contributed by atoms with E-state index in [-0.39, 0.29) is 23.4 Å². The molecule has 2 atom stereocenters. The van der Waals surface area contributed by atoms with E-state index in [1.165, 1.54) is 0 Å². The zero-order valence-electron chi connectivity index (χ0n) is 9.00. The van der Waals surface area contributed by atoms with Gasteiger partial charge in [0.15, 0.2) is 0 Å². The van der Waals surface area contributed by atoms with Crippen molar-refractivity contribution in [1.82, 2.24) is 4.90 Å². The van der Waals surface area contributed by atoms with Crippen molar-refractivity contribution < 1.29 is 4.79 Å². The monoisotopic (exact) mass is 184 g/mol. The molecule has 3 nitrogen and oxygen atoms in total. The van der Waals surface area contributed by atoms with E-state index in [1.807, 2.05) is 11.8 Å². The normalized spacial score (nSPS) is 29.9. The van der Waals surface area contributed by atoms with Crippen LogP contribution in [0.2, 0.25) is 0 Å². The second kappa shape index (κ2) is 3.29. The molecule has 0 unspecified atom stereocenters. The SMILES string of the molecule is CCN1C(=O)C[C@H](N)[C@H]1C(C)(C)C. The van der Waals surface area contributed by atoms with Crippen LogP contribution in [0.3, 0.4) is 0 Å². The molecule has 3 heteroatoms. The van der Waals surface area contributed by atoms with Crippen LogP contribution in [0.15, 0.2) is 0 Å². The second-order valence-electron chi connectivity index (χ2n) is 4.86. The maximum atomic E-state index is 11.5. The quantitative estimate of drug-likeness (QED) is 0.660. The molecule has 1 saturated heterocycles. The number of carbonyl (C=O) groups is 1. The van der Waals surface area contributed by atoms with Crippen molar-refractivity contribution in [2.24, 2.45) is 11.1 Å². The predicted molar refractivity (Wildman–Crippen MR) is 53.2 cm³/mol. The van der Waals surface area contributed by atoms with Crippen LogP contribution < -0.4 is 5.73 Å². The fourth-order valence-electron chi connectivity index (χ4n) is 2.30. The topological polar surface area (TPSA) is 46.3 Å². The van der Waals surface area contributed by atoms with Gasteiger partial charge in [-0.25, -0.2) is 0 Å². The van der Waals surface area contributed by atoms with Gasteiger partial charge in [-0.3, -0.25) is 4.79 Å². The van der Waals surface area contributed by atoms with Crippen LogP contribution >= 0.6 is 0 Å². The van der Waals surface area contributed by atoms with Crippen LogP contribution in [0.5, 0.6) is 0 Å². The standard InChI is InChI=1S/C10H20N2O/c1-5-12-8(13)6-7(11)9(12)10(2,3)4/h7,9H,5-6,11H2,1-4H3/t7-,9-/m0/s1. The molecule has 0 aromatic heterocycles. The molecule has 2 N–H and O–H groups in total. The van der Waals surface area contributed by atoms with E-state index in [9.17, 15) is 4.79 Å². The predicted octanol–water partition coefficient (Wildman–Crippen LogP) is 0.981. The van der Waals surface area contributed by atoms with Gasteiger partial charge in [-0.15, -0.1) is 0 Å². The summed E-state index contributed by atoms with van der Waals surface area (Å²) in [6, 6.07) is 0.206. The fraction of sp³-hybridized carbons (Fsp3) is 0.900. The summed E-state index contributed by atoms with van der Waals surface area (Å²) >= 11 is 0. The first-order valence-electron chi connectivity index (χ1n) is 4.93. The third-order valence-electron chi connectivity index (χ3n) is 2.70. The van der Waals surface area contributed by atoms with Gasteiger partial charge in [0.2, 0.25) is 5.91 Å². The van der Waals surface area contributed by atoms with Crippen molar-refractivity contribution in [2.75, 3.05) is 6.54 Å². The van der Waals surface area contributed by atoms with Crippen LogP contribution in [-0.2, 0) is 4.79 Å². The second-order valence-corrected chi connectivity index (χ2v) is 4.86. The van der Waals surface area contributed by atoms with Crippen LogP contribution in [-0.4, -0.2) is 29.4 Å². The van der Waals surface area contributed by atoms with Crippen molar-refractivity contribution in [1.29, 1.82) is 0 Å². The van der Waals surface area contributed by atoms with Crippen molar-refractivity contribution in [2.45, 2.75) is 46.2 Å². The maximum absolute atomic E-state index is 11.5. The lowest BCUT2D eigenvalue weighted by molar-refractivity contribution is -0.130. The molecular weight excluding hydrogens is 164 g/mol. The molecular formula is C10H20N2O. The van der Waals surface area contributed by atoms with E-state index < -0.39 is 0 Å². The number of likely N-dealkylation sites (tertiary alicyclic amines) is 1. The Balaban J connectivity index is 2.87. The van der Waals surface area contributed by atoms with Crippen molar-refractivity contribution >= 4 is 5.91 Å². The summed E-state index contributed by atoms with van der Waals surface area (Å²) in [5.41, 5.74) is 6.04. The molecule has 1 aliphatic heterocycles. The number of amides is 1. The minimum Gasteiger partial charge on any atom is -0.338 e. The van der Waals surface area contributed by atoms with Crippen LogP contribution in [0.1, 0.15) is 34.1 Å². The minimum absolute atomic E-state index is 0.00690. The number of nitrogens with two attached hydrogens (primary N) is 1. The third-order valence-corrected chi connectivity index (χ3v) is 2.70. The Morgan fingerprint density at radius 3 is 2.38 bits per heavy atom. The molecule has 0 radical (unpaired) electrons. The van der Waals surface area contributed by atoms with E-state index in [2.05, 4.69) is 20.8 Å². The van der Waals surface area contributed by atoms with Gasteiger partial charge in [-0.05, 0) is 12.3 Å². The number of hydrogen-bond acceptors (Lipinski definition) is 2. The Morgan fingerprint density at radius 1 is 1.54 bits per heavy atom. The molecule has 1 aliphatic rings. The van der Waals surface area contributed by atoms with Gasteiger partial charge < -0.3 is 10.6 Å². The highest BCUT2D eigenvalue weighted by Gasteiger charge is 2.43. The third kappa shape index (κ3) is 1.85. The molecule has 13 heavy (non-hydrogen) atoms. The fourth-order valence-corrected chi connectivity index (χ4v) is 2.30. The number of hydrogen-bond donors (Lipinski definition) is 1. The lowest BCUT2D eigenvalue weighted by Crippen LogP contribution is -2.48. The van der Waals surface area contributed by atoms with Crippen molar-refractivity contribution in [3.8, 4) is 0 Å². The largest absolute Gasteiger partial charge is 0.338 e. The summed E-state index contributed by atoms with van der Waals surface area (Å²) in [5.74, 6) is 0.204. The van der Waals surface area contributed by atoms with Gasteiger partial charge in [0.05, 0.1) is 6.04 Å². The van der Waals surface area contributed by atoms with Gasteiger partial charge >= 0.3 is 0 Å². The molecule has 0 saturated carbocycles. The number of likely N-dealkylation sites (N-methyl/N-ethyl adjacent to an activating group) is 1. The average Bonchev–Trinajstić information content (AvgIpc) is 2.23. The zero-order chi connectivity index (χ0) is 10.2. The van der Waals surface area contributed by atoms with Gasteiger partial charge in [0.25, 0.3) is 0 Å². The van der Waals surface area contributed by atoms with Crippen molar-refractivity contribution in [3.05, 3.63) is 0 Å². The molecule has 76 valence electrons. The number of carbonyl (C=O) groups excluding carboxylic acids is 1. The summed E-state index contributed by atoms with van der Waals surface area (Å²) in [7, 11) is 0. The highest BCUT2D eigenvalue weighted by atomic mass is 16.2. The summed E-state index contributed by atoms with van der Waals surface area (Å²) < 4.78 is 0. The molecule has 0 aliphatic carbocycles. The number of nitrogens with zero attached hydrogens (tertiary/aromatic N) is 1. The lowest BCUT2D eigenvalue weighted by atomic mass is 9.83. The van der Waals surface area contributed by atoms with Crippen LogP contribution in [0.25, 0.3) is 0 Å². The minimum atomic E-state index is 0.00690. The van der Waals surface area contributed by atoms with Crippen LogP contribution in [0, 0.1) is 5.41 Å². The first kappa shape index (κ1) is 10.5. The van der Waals surface area contributed by atoms with Gasteiger partial charge in [-0.2, -0.15) is 0 Å². The first-order chi connectivity index (χ1) is 5.88. The Hall–Kier alpha value is -0.570. The average molecular weight is 184 g/mol. The maximum Gasteiger partial charge on any atom is 0.224 e. The smallest absolute Gasteiger partial charge is 0.224 e. The van der Waals surface area contributed by atoms with E-state index in [0.29, 0.717) is 6.42 Å². The Kier molecular flexibility index (Phi) is 2.66. The van der Waals surface area contributed by atoms with Gasteiger partial charge in [0, 0.05) is 19.0 Å². The Morgan fingerprint density at radius 2 is 2.08 bits per heavy atom. The summed E-state index contributed by atoms with van der Waals surface area (Å²) in [5, 5.41) is 0. The molecule has 1 rings (SSSR count). The molecule has 1 heterocycles.